The van der Waals surface area contributed by atoms with Crippen LogP contribution in [-0.2, 0) is 12.2 Å². The third kappa shape index (κ3) is 2.81. The van der Waals surface area contributed by atoms with Crippen LogP contribution in [0.25, 0.3) is 11.3 Å². The summed E-state index contributed by atoms with van der Waals surface area (Å²) in [5.74, 6) is -1.38. The van der Waals surface area contributed by atoms with Crippen molar-refractivity contribution in [1.29, 1.82) is 0 Å². The number of hydrogen-bond donors (Lipinski definition) is 2. The van der Waals surface area contributed by atoms with Crippen LogP contribution in [0.2, 0.25) is 0 Å². The van der Waals surface area contributed by atoms with Crippen LogP contribution in [0, 0.1) is 17.7 Å². The average molecular weight is 494 g/mol. The number of pyridine rings is 1. The predicted molar refractivity (Wildman–Crippen MR) is 127 cm³/mol. The number of alkyl halides is 1. The summed E-state index contributed by atoms with van der Waals surface area (Å²) < 4.78 is 30.2. The highest BCUT2D eigenvalue weighted by atomic mass is 32.2. The molecule has 3 heterocycles. The van der Waals surface area contributed by atoms with Crippen molar-refractivity contribution in [2.24, 2.45) is 11.8 Å². The molecule has 9 heteroatoms. The van der Waals surface area contributed by atoms with Gasteiger partial charge in [-0.3, -0.25) is 9.59 Å². The van der Waals surface area contributed by atoms with E-state index in [2.05, 4.69) is 5.43 Å². The van der Waals surface area contributed by atoms with Crippen LogP contribution in [0.1, 0.15) is 33.6 Å². The van der Waals surface area contributed by atoms with Crippen molar-refractivity contribution in [2.45, 2.75) is 35.7 Å². The van der Waals surface area contributed by atoms with Crippen LogP contribution in [0.5, 0.6) is 5.75 Å². The molecule has 2 unspecified atom stereocenters. The van der Waals surface area contributed by atoms with Gasteiger partial charge in [0.2, 0.25) is 5.43 Å². The van der Waals surface area contributed by atoms with Gasteiger partial charge < -0.3 is 15.4 Å². The summed E-state index contributed by atoms with van der Waals surface area (Å²) in [6.45, 7) is 0.133. The molecule has 2 bridgehead atoms. The fraction of sp³-hybridized carbons (Fsp3) is 0.308. The molecule has 0 saturated heterocycles. The number of halogens is 2. The first-order chi connectivity index (χ1) is 16.9. The maximum Gasteiger partial charge on any atom is 0.278 e. The first kappa shape index (κ1) is 21.0. The average Bonchev–Trinajstić information content (AvgIpc) is 3.02. The molecule has 2 aromatic carbocycles. The first-order valence-electron chi connectivity index (χ1n) is 11.6. The fourth-order valence-electron chi connectivity index (χ4n) is 5.94. The summed E-state index contributed by atoms with van der Waals surface area (Å²) in [5, 5.41) is 10.6. The molecule has 2 atom stereocenters. The summed E-state index contributed by atoms with van der Waals surface area (Å²) >= 11 is 1.57. The molecule has 2 aliphatic heterocycles. The third-order valence-electron chi connectivity index (χ3n) is 8.01. The molecule has 3 aliphatic carbocycles. The van der Waals surface area contributed by atoms with E-state index in [0.29, 0.717) is 29.0 Å². The molecule has 2 N–H and O–H groups in total. The number of nitrogens with one attached hydrogen (secondary N) is 1. The number of hydrogen-bond acceptors (Lipinski definition) is 5. The van der Waals surface area contributed by atoms with Gasteiger partial charge in [-0.15, -0.1) is 11.8 Å². The minimum atomic E-state index is -0.882. The topological polar surface area (TPSA) is 74.6 Å². The molecule has 3 aromatic rings. The van der Waals surface area contributed by atoms with Crippen LogP contribution in [-0.4, -0.2) is 39.5 Å². The van der Waals surface area contributed by atoms with Gasteiger partial charge in [0.1, 0.15) is 18.7 Å². The Morgan fingerprint density at radius 1 is 1.09 bits per heavy atom. The molecular formula is C26H21F2N3O3S. The van der Waals surface area contributed by atoms with E-state index in [1.807, 2.05) is 24.3 Å². The number of nitrogens with zero attached hydrogens (tertiary/aromatic N) is 2. The molecule has 0 spiro atoms. The lowest BCUT2D eigenvalue weighted by Crippen LogP contribution is -2.73. The zero-order chi connectivity index (χ0) is 24.0. The van der Waals surface area contributed by atoms with Gasteiger partial charge in [0.15, 0.2) is 11.4 Å². The quantitative estimate of drug-likeness (QED) is 0.567. The van der Waals surface area contributed by atoms with E-state index in [4.69, 9.17) is 0 Å². The van der Waals surface area contributed by atoms with Crippen molar-refractivity contribution >= 4 is 17.7 Å². The van der Waals surface area contributed by atoms with Crippen LogP contribution < -0.4 is 10.9 Å². The lowest BCUT2D eigenvalue weighted by atomic mass is 9.49. The molecule has 3 fully saturated rings. The molecule has 1 amide bonds. The summed E-state index contributed by atoms with van der Waals surface area (Å²) in [4.78, 5) is 28.8. The normalized spacial score (nSPS) is 25.9. The number of benzene rings is 2. The van der Waals surface area contributed by atoms with Gasteiger partial charge in [0.05, 0.1) is 5.69 Å². The van der Waals surface area contributed by atoms with E-state index in [1.165, 1.54) is 21.7 Å². The maximum absolute atomic E-state index is 14.9. The molecule has 35 heavy (non-hydrogen) atoms. The summed E-state index contributed by atoms with van der Waals surface area (Å²) in [5.41, 5.74) is 5.67. The smallest absolute Gasteiger partial charge is 0.278 e. The second kappa shape index (κ2) is 7.34. The fourth-order valence-corrected chi connectivity index (χ4v) is 7.05. The molecule has 1 aromatic heterocycles. The summed E-state index contributed by atoms with van der Waals surface area (Å²) in [6, 6.07) is 12.0. The first-order valence-corrected chi connectivity index (χ1v) is 12.6. The van der Waals surface area contributed by atoms with E-state index in [1.54, 1.807) is 17.8 Å². The Labute approximate surface area is 203 Å². The predicted octanol–water partition coefficient (Wildman–Crippen LogP) is 3.87. The number of rotatable bonds is 2. The summed E-state index contributed by atoms with van der Waals surface area (Å²) in [7, 11) is 0. The standard InChI is InChI=1S/C26H21F2N3O3S/c27-18-6-5-13(14-7-12-3-1-2-4-21(12)35-10-17(14)18)19-9-20(32)25(33)24-26(34)30(11-29-31(19)24)23-15-8-16(23)22(15)28/h1-6,9,15-16,22-23,29,33H,7-8,10-11H2. The van der Waals surface area contributed by atoms with E-state index in [9.17, 15) is 23.5 Å². The second-order valence-corrected chi connectivity index (χ2v) is 10.7. The SMILES string of the molecule is O=C1c2c(O)c(=O)cc(-c3ccc(F)c4c3Cc3ccccc3SC4)n2NCN1C1C2CC1C2F. The maximum atomic E-state index is 14.9. The van der Waals surface area contributed by atoms with Gasteiger partial charge in [-0.2, -0.15) is 0 Å². The molecular weight excluding hydrogens is 472 g/mol. The van der Waals surface area contributed by atoms with Crippen molar-refractivity contribution in [3.63, 3.8) is 0 Å². The van der Waals surface area contributed by atoms with Crippen molar-refractivity contribution in [1.82, 2.24) is 9.58 Å². The molecule has 6 nitrogen and oxygen atoms in total. The molecule has 3 saturated carbocycles. The van der Waals surface area contributed by atoms with Crippen molar-refractivity contribution in [2.75, 3.05) is 12.1 Å². The van der Waals surface area contributed by atoms with Crippen molar-refractivity contribution in [3.8, 4) is 17.0 Å². The zero-order valence-corrected chi connectivity index (χ0v) is 19.3. The minimum Gasteiger partial charge on any atom is -0.502 e. The second-order valence-electron chi connectivity index (χ2n) is 9.64. The van der Waals surface area contributed by atoms with Crippen LogP contribution in [0.4, 0.5) is 8.78 Å². The van der Waals surface area contributed by atoms with E-state index >= 15 is 0 Å². The van der Waals surface area contributed by atoms with Gasteiger partial charge in [-0.25, -0.2) is 13.5 Å². The Hall–Kier alpha value is -3.33. The number of fused-ring (bicyclic) bond motifs is 3. The Balaban J connectivity index is 1.37. The zero-order valence-electron chi connectivity index (χ0n) is 18.5. The molecule has 178 valence electrons. The molecule has 0 radical (unpaired) electrons. The van der Waals surface area contributed by atoms with Crippen molar-refractivity contribution in [3.05, 3.63) is 80.9 Å². The highest BCUT2D eigenvalue weighted by Gasteiger charge is 2.65. The van der Waals surface area contributed by atoms with Gasteiger partial charge in [-0.1, -0.05) is 18.2 Å². The largest absolute Gasteiger partial charge is 0.502 e. The lowest BCUT2D eigenvalue weighted by Gasteiger charge is -2.64. The Kier molecular flexibility index (Phi) is 4.40. The Bertz CT molecular complexity index is 1480. The number of carbonyl (C=O) groups excluding carboxylic acids is 1. The monoisotopic (exact) mass is 493 g/mol. The lowest BCUT2D eigenvalue weighted by molar-refractivity contribution is -0.176. The Morgan fingerprint density at radius 3 is 2.66 bits per heavy atom. The summed E-state index contributed by atoms with van der Waals surface area (Å²) in [6.07, 6.45) is 0.349. The van der Waals surface area contributed by atoms with E-state index in [-0.39, 0.29) is 36.1 Å². The van der Waals surface area contributed by atoms with E-state index in [0.717, 1.165) is 22.4 Å². The highest BCUT2D eigenvalue weighted by Crippen LogP contribution is 2.58. The van der Waals surface area contributed by atoms with Gasteiger partial charge in [0, 0.05) is 45.7 Å². The van der Waals surface area contributed by atoms with Crippen LogP contribution in [0.3, 0.4) is 0 Å². The Morgan fingerprint density at radius 2 is 1.89 bits per heavy atom. The number of amides is 1. The van der Waals surface area contributed by atoms with Gasteiger partial charge >= 0.3 is 0 Å². The van der Waals surface area contributed by atoms with Gasteiger partial charge in [0.25, 0.3) is 5.91 Å². The van der Waals surface area contributed by atoms with E-state index < -0.39 is 23.3 Å². The molecule has 8 rings (SSSR count). The van der Waals surface area contributed by atoms with Crippen LogP contribution in [0.15, 0.2) is 52.2 Å². The minimum absolute atomic E-state index is 0.133. The molecule has 5 aliphatic rings. The van der Waals surface area contributed by atoms with Crippen LogP contribution >= 0.6 is 11.8 Å². The number of thioether (sulfide) groups is 1. The highest BCUT2D eigenvalue weighted by molar-refractivity contribution is 7.98. The van der Waals surface area contributed by atoms with Crippen molar-refractivity contribution < 1.29 is 18.7 Å². The van der Waals surface area contributed by atoms with Gasteiger partial charge in [-0.05, 0) is 42.2 Å². The number of aromatic hydroxyl groups is 1. The number of carbonyl (C=O) groups is 1. The number of aromatic nitrogens is 1. The third-order valence-corrected chi connectivity index (χ3v) is 9.16.